The Kier molecular flexibility index (Phi) is 6.15. The molecule has 1 fully saturated rings. The normalized spacial score (nSPS) is 22.1. The Morgan fingerprint density at radius 3 is 2.71 bits per heavy atom. The monoisotopic (exact) mass is 200 g/mol. The first kappa shape index (κ1) is 12.0. The second kappa shape index (κ2) is 7.21. The third-order valence-electron chi connectivity index (χ3n) is 2.43. The lowest BCUT2D eigenvalue weighted by atomic mass is 10.2. The first-order valence-corrected chi connectivity index (χ1v) is 5.82. The lowest BCUT2D eigenvalue weighted by molar-refractivity contribution is 0.110. The van der Waals surface area contributed by atoms with Crippen molar-refractivity contribution in [1.82, 2.24) is 10.6 Å². The molecule has 0 radical (unpaired) electrons. The molecule has 3 heteroatoms. The standard InChI is InChI=1S/C11H24N2O/c1-10(2)8-12-5-6-13-9-11-4-3-7-14-11/h10-13H,3-9H2,1-2H3/t11-/m0/s1. The van der Waals surface area contributed by atoms with Crippen LogP contribution in [-0.4, -0.2) is 38.9 Å². The zero-order valence-corrected chi connectivity index (χ0v) is 9.51. The van der Waals surface area contributed by atoms with E-state index in [1.54, 1.807) is 0 Å². The number of hydrogen-bond donors (Lipinski definition) is 2. The molecule has 0 aromatic rings. The molecule has 14 heavy (non-hydrogen) atoms. The minimum absolute atomic E-state index is 0.472. The Morgan fingerprint density at radius 2 is 2.07 bits per heavy atom. The highest BCUT2D eigenvalue weighted by Crippen LogP contribution is 2.10. The van der Waals surface area contributed by atoms with E-state index in [9.17, 15) is 0 Å². The highest BCUT2D eigenvalue weighted by atomic mass is 16.5. The van der Waals surface area contributed by atoms with E-state index in [1.165, 1.54) is 12.8 Å². The molecule has 1 atom stereocenters. The molecule has 1 rings (SSSR count). The summed E-state index contributed by atoms with van der Waals surface area (Å²) >= 11 is 0. The summed E-state index contributed by atoms with van der Waals surface area (Å²) in [6, 6.07) is 0. The molecule has 1 heterocycles. The van der Waals surface area contributed by atoms with Gasteiger partial charge in [-0.05, 0) is 25.3 Å². The van der Waals surface area contributed by atoms with E-state index in [4.69, 9.17) is 4.74 Å². The molecule has 0 aromatic heterocycles. The van der Waals surface area contributed by atoms with Gasteiger partial charge >= 0.3 is 0 Å². The fourth-order valence-electron chi connectivity index (χ4n) is 1.64. The zero-order chi connectivity index (χ0) is 10.2. The molecule has 84 valence electrons. The maximum atomic E-state index is 5.51. The predicted octanol–water partition coefficient (Wildman–Crippen LogP) is 1.00. The first-order valence-electron chi connectivity index (χ1n) is 5.82. The Bertz CT molecular complexity index is 133. The van der Waals surface area contributed by atoms with Crippen LogP contribution >= 0.6 is 0 Å². The van der Waals surface area contributed by atoms with E-state index < -0.39 is 0 Å². The van der Waals surface area contributed by atoms with Crippen LogP contribution in [0.3, 0.4) is 0 Å². The van der Waals surface area contributed by atoms with Crippen molar-refractivity contribution >= 4 is 0 Å². The molecule has 1 aliphatic rings. The van der Waals surface area contributed by atoms with Crippen LogP contribution < -0.4 is 10.6 Å². The number of nitrogens with one attached hydrogen (secondary N) is 2. The summed E-state index contributed by atoms with van der Waals surface area (Å²) < 4.78 is 5.51. The summed E-state index contributed by atoms with van der Waals surface area (Å²) in [4.78, 5) is 0. The summed E-state index contributed by atoms with van der Waals surface area (Å²) in [5.74, 6) is 0.744. The average molecular weight is 200 g/mol. The highest BCUT2D eigenvalue weighted by Gasteiger charge is 2.13. The van der Waals surface area contributed by atoms with Crippen molar-refractivity contribution in [3.8, 4) is 0 Å². The smallest absolute Gasteiger partial charge is 0.0700 e. The molecular weight excluding hydrogens is 176 g/mol. The van der Waals surface area contributed by atoms with Crippen molar-refractivity contribution in [2.24, 2.45) is 5.92 Å². The van der Waals surface area contributed by atoms with E-state index in [0.29, 0.717) is 6.10 Å². The third-order valence-corrected chi connectivity index (χ3v) is 2.43. The molecule has 0 unspecified atom stereocenters. The largest absolute Gasteiger partial charge is 0.377 e. The van der Waals surface area contributed by atoms with Crippen molar-refractivity contribution < 1.29 is 4.74 Å². The average Bonchev–Trinajstić information content (AvgIpc) is 2.63. The topological polar surface area (TPSA) is 33.3 Å². The minimum atomic E-state index is 0.472. The maximum Gasteiger partial charge on any atom is 0.0700 e. The second-order valence-corrected chi connectivity index (χ2v) is 4.44. The predicted molar refractivity (Wildman–Crippen MR) is 59.6 cm³/mol. The van der Waals surface area contributed by atoms with Gasteiger partial charge in [-0.1, -0.05) is 13.8 Å². The van der Waals surface area contributed by atoms with Crippen LogP contribution in [0, 0.1) is 5.92 Å². The third kappa shape index (κ3) is 5.58. The Balaban J connectivity index is 1.79. The molecule has 1 saturated heterocycles. The van der Waals surface area contributed by atoms with E-state index in [0.717, 1.165) is 38.7 Å². The van der Waals surface area contributed by atoms with Gasteiger partial charge in [0.15, 0.2) is 0 Å². The van der Waals surface area contributed by atoms with Gasteiger partial charge in [-0.15, -0.1) is 0 Å². The number of rotatable bonds is 7. The first-order chi connectivity index (χ1) is 6.79. The summed E-state index contributed by atoms with van der Waals surface area (Å²) in [7, 11) is 0. The van der Waals surface area contributed by atoms with Crippen LogP contribution in [0.15, 0.2) is 0 Å². The molecule has 0 spiro atoms. The Labute approximate surface area is 87.6 Å². The van der Waals surface area contributed by atoms with Crippen molar-refractivity contribution in [2.45, 2.75) is 32.8 Å². The highest BCUT2D eigenvalue weighted by molar-refractivity contribution is 4.67. The minimum Gasteiger partial charge on any atom is -0.377 e. The van der Waals surface area contributed by atoms with Crippen molar-refractivity contribution in [3.05, 3.63) is 0 Å². The van der Waals surface area contributed by atoms with Crippen molar-refractivity contribution in [3.63, 3.8) is 0 Å². The SMILES string of the molecule is CC(C)CNCCNC[C@@H]1CCCO1. The van der Waals surface area contributed by atoms with Crippen LogP contribution in [0.5, 0.6) is 0 Å². The summed E-state index contributed by atoms with van der Waals surface area (Å²) in [5, 5.41) is 6.82. The van der Waals surface area contributed by atoms with Crippen LogP contribution in [-0.2, 0) is 4.74 Å². The zero-order valence-electron chi connectivity index (χ0n) is 9.51. The lowest BCUT2D eigenvalue weighted by Crippen LogP contribution is -2.33. The fraction of sp³-hybridized carbons (Fsp3) is 1.00. The van der Waals surface area contributed by atoms with Crippen LogP contribution in [0.2, 0.25) is 0 Å². The molecular formula is C11H24N2O. The van der Waals surface area contributed by atoms with E-state index >= 15 is 0 Å². The van der Waals surface area contributed by atoms with Gasteiger partial charge < -0.3 is 15.4 Å². The summed E-state index contributed by atoms with van der Waals surface area (Å²) in [6.07, 6.45) is 2.93. The molecule has 0 aliphatic carbocycles. The van der Waals surface area contributed by atoms with E-state index in [1.807, 2.05) is 0 Å². The quantitative estimate of drug-likeness (QED) is 0.602. The van der Waals surface area contributed by atoms with Gasteiger partial charge in [-0.3, -0.25) is 0 Å². The summed E-state index contributed by atoms with van der Waals surface area (Å²) in [6.45, 7) is 9.65. The molecule has 3 nitrogen and oxygen atoms in total. The van der Waals surface area contributed by atoms with Crippen LogP contribution in [0.25, 0.3) is 0 Å². The van der Waals surface area contributed by atoms with Gasteiger partial charge in [0.1, 0.15) is 0 Å². The molecule has 0 bridgehead atoms. The van der Waals surface area contributed by atoms with Crippen molar-refractivity contribution in [2.75, 3.05) is 32.8 Å². The number of ether oxygens (including phenoxy) is 1. The molecule has 2 N–H and O–H groups in total. The van der Waals surface area contributed by atoms with E-state index in [2.05, 4.69) is 24.5 Å². The molecule has 0 amide bonds. The van der Waals surface area contributed by atoms with Gasteiger partial charge in [0.05, 0.1) is 6.10 Å². The van der Waals surface area contributed by atoms with Gasteiger partial charge in [-0.2, -0.15) is 0 Å². The van der Waals surface area contributed by atoms with Crippen molar-refractivity contribution in [1.29, 1.82) is 0 Å². The van der Waals surface area contributed by atoms with Gasteiger partial charge in [0.25, 0.3) is 0 Å². The molecule has 0 aromatic carbocycles. The van der Waals surface area contributed by atoms with Gasteiger partial charge in [-0.25, -0.2) is 0 Å². The number of hydrogen-bond acceptors (Lipinski definition) is 3. The van der Waals surface area contributed by atoms with Gasteiger partial charge in [0, 0.05) is 26.2 Å². The maximum absolute atomic E-state index is 5.51. The molecule has 1 aliphatic heterocycles. The molecule has 0 saturated carbocycles. The van der Waals surface area contributed by atoms with Crippen LogP contribution in [0.4, 0.5) is 0 Å². The lowest BCUT2D eigenvalue weighted by Gasteiger charge is -2.11. The van der Waals surface area contributed by atoms with Crippen LogP contribution in [0.1, 0.15) is 26.7 Å². The Hall–Kier alpha value is -0.120. The van der Waals surface area contributed by atoms with Gasteiger partial charge in [0.2, 0.25) is 0 Å². The fourth-order valence-corrected chi connectivity index (χ4v) is 1.64. The van der Waals surface area contributed by atoms with E-state index in [-0.39, 0.29) is 0 Å². The Morgan fingerprint density at radius 1 is 1.29 bits per heavy atom. The summed E-state index contributed by atoms with van der Waals surface area (Å²) in [5.41, 5.74) is 0. The second-order valence-electron chi connectivity index (χ2n) is 4.44.